The molecule has 146 valence electrons. The van der Waals surface area contributed by atoms with Crippen LogP contribution in [0.1, 0.15) is 41.6 Å². The van der Waals surface area contributed by atoms with Gasteiger partial charge in [-0.25, -0.2) is 4.79 Å². The van der Waals surface area contributed by atoms with Crippen LogP contribution in [0, 0.1) is 6.92 Å². The molecule has 1 fully saturated rings. The van der Waals surface area contributed by atoms with Gasteiger partial charge in [0.05, 0.1) is 0 Å². The van der Waals surface area contributed by atoms with E-state index in [1.54, 1.807) is 31.2 Å². The van der Waals surface area contributed by atoms with Crippen molar-refractivity contribution in [3.05, 3.63) is 47.5 Å². The monoisotopic (exact) mass is 383 g/mol. The first-order valence-corrected chi connectivity index (χ1v) is 9.23. The summed E-state index contributed by atoms with van der Waals surface area (Å²) in [7, 11) is 0. The minimum absolute atomic E-state index is 0.0170. The second-order valence-electron chi connectivity index (χ2n) is 7.13. The lowest BCUT2D eigenvalue weighted by Gasteiger charge is -2.21. The highest BCUT2D eigenvalue weighted by Gasteiger charge is 2.44. The Morgan fingerprint density at radius 3 is 2.61 bits per heavy atom. The normalized spacial score (nSPS) is 16.2. The smallest absolute Gasteiger partial charge is 0.342 e. The average Bonchev–Trinajstić information content (AvgIpc) is 3.25. The zero-order valence-corrected chi connectivity index (χ0v) is 15.5. The molecule has 1 spiro atoms. The first-order valence-electron chi connectivity index (χ1n) is 9.23. The van der Waals surface area contributed by atoms with E-state index in [1.165, 1.54) is 12.1 Å². The van der Waals surface area contributed by atoms with Crippen LogP contribution >= 0.6 is 0 Å². The van der Waals surface area contributed by atoms with Gasteiger partial charge in [-0.3, -0.25) is 4.79 Å². The van der Waals surface area contributed by atoms with Crippen molar-refractivity contribution in [1.82, 2.24) is 0 Å². The highest BCUT2D eigenvalue weighted by Crippen LogP contribution is 2.47. The van der Waals surface area contributed by atoms with Crippen LogP contribution in [0.4, 0.5) is 5.69 Å². The number of nitrogens with one attached hydrogen (secondary N) is 1. The van der Waals surface area contributed by atoms with Gasteiger partial charge < -0.3 is 24.6 Å². The number of hydrogen-bond donors (Lipinski definition) is 2. The topological polar surface area (TPSA) is 94.1 Å². The molecule has 1 aliphatic carbocycles. The summed E-state index contributed by atoms with van der Waals surface area (Å²) in [6.45, 7) is 1.33. The number of hydrogen-bond acceptors (Lipinski definition) is 6. The Morgan fingerprint density at radius 1 is 1.11 bits per heavy atom. The number of benzene rings is 2. The second-order valence-corrected chi connectivity index (χ2v) is 7.13. The molecule has 4 rings (SSSR count). The van der Waals surface area contributed by atoms with Gasteiger partial charge in [-0.1, -0.05) is 6.07 Å². The lowest BCUT2D eigenvalue weighted by molar-refractivity contribution is -0.119. The van der Waals surface area contributed by atoms with E-state index in [1.807, 2.05) is 0 Å². The number of aryl methyl sites for hydroxylation is 1. The summed E-state index contributed by atoms with van der Waals surface area (Å²) < 4.78 is 16.9. The summed E-state index contributed by atoms with van der Waals surface area (Å²) >= 11 is 0. The largest absolute Gasteiger partial charge is 0.507 e. The molecule has 1 saturated carbocycles. The van der Waals surface area contributed by atoms with Crippen LogP contribution < -0.4 is 14.8 Å². The number of aromatic hydroxyl groups is 1. The number of carbonyl (C=O) groups is 2. The van der Waals surface area contributed by atoms with Crippen molar-refractivity contribution >= 4 is 17.6 Å². The number of esters is 1. The van der Waals surface area contributed by atoms with Crippen LogP contribution in [0.25, 0.3) is 0 Å². The van der Waals surface area contributed by atoms with Gasteiger partial charge in [-0.05, 0) is 49.6 Å². The van der Waals surface area contributed by atoms with E-state index in [0.717, 1.165) is 31.2 Å². The standard InChI is InChI=1S/C21H21NO6/c1-13-4-6-15(16(23)10-13)20(25)26-12-19(24)22-14-5-7-17-18(11-14)28-21(27-17)8-2-3-9-21/h4-7,10-11,23H,2-3,8-9,12H2,1H3,(H,22,24). The Kier molecular flexibility index (Phi) is 4.58. The van der Waals surface area contributed by atoms with Crippen LogP contribution in [0.3, 0.4) is 0 Å². The number of phenolic OH excluding ortho intramolecular Hbond substituents is 1. The SMILES string of the molecule is Cc1ccc(C(=O)OCC(=O)Nc2ccc3c(c2)OC2(CCCC2)O3)c(O)c1. The van der Waals surface area contributed by atoms with Crippen LogP contribution in [0.15, 0.2) is 36.4 Å². The highest BCUT2D eigenvalue weighted by molar-refractivity contribution is 5.96. The van der Waals surface area contributed by atoms with Gasteiger partial charge in [0.1, 0.15) is 11.3 Å². The molecule has 1 aliphatic heterocycles. The molecule has 1 heterocycles. The van der Waals surface area contributed by atoms with Gasteiger partial charge in [0.2, 0.25) is 0 Å². The molecular weight excluding hydrogens is 362 g/mol. The Morgan fingerprint density at radius 2 is 1.86 bits per heavy atom. The number of fused-ring (bicyclic) bond motifs is 1. The van der Waals surface area contributed by atoms with Gasteiger partial charge in [0.15, 0.2) is 18.1 Å². The third-order valence-electron chi connectivity index (χ3n) is 4.89. The number of ether oxygens (including phenoxy) is 3. The van der Waals surface area contributed by atoms with Crippen molar-refractivity contribution < 1.29 is 28.9 Å². The minimum Gasteiger partial charge on any atom is -0.507 e. The fraction of sp³-hybridized carbons (Fsp3) is 0.333. The summed E-state index contributed by atoms with van der Waals surface area (Å²) in [4.78, 5) is 24.1. The molecule has 28 heavy (non-hydrogen) atoms. The Hall–Kier alpha value is -3.22. The van der Waals surface area contributed by atoms with Gasteiger partial charge in [0, 0.05) is 24.6 Å². The third-order valence-corrected chi connectivity index (χ3v) is 4.89. The van der Waals surface area contributed by atoms with Crippen LogP contribution in [0.5, 0.6) is 17.2 Å². The average molecular weight is 383 g/mol. The third kappa shape index (κ3) is 3.60. The summed E-state index contributed by atoms with van der Waals surface area (Å²) in [5, 5.41) is 12.5. The molecule has 0 atom stereocenters. The van der Waals surface area contributed by atoms with Crippen molar-refractivity contribution in [1.29, 1.82) is 0 Å². The van der Waals surface area contributed by atoms with E-state index in [4.69, 9.17) is 14.2 Å². The van der Waals surface area contributed by atoms with E-state index in [2.05, 4.69) is 5.32 Å². The maximum absolute atomic E-state index is 12.1. The van der Waals surface area contributed by atoms with E-state index in [9.17, 15) is 14.7 Å². The summed E-state index contributed by atoms with van der Waals surface area (Å²) in [6.07, 6.45) is 3.84. The lowest BCUT2D eigenvalue weighted by Crippen LogP contribution is -2.34. The maximum Gasteiger partial charge on any atom is 0.342 e. The summed E-state index contributed by atoms with van der Waals surface area (Å²) in [5.74, 6) is -0.725. The molecule has 2 aromatic carbocycles. The number of phenols is 1. The number of carbonyl (C=O) groups excluding carboxylic acids is 2. The summed E-state index contributed by atoms with van der Waals surface area (Å²) in [5.41, 5.74) is 1.36. The van der Waals surface area contributed by atoms with Crippen LogP contribution in [0.2, 0.25) is 0 Å². The zero-order valence-electron chi connectivity index (χ0n) is 15.5. The Balaban J connectivity index is 1.34. The van der Waals surface area contributed by atoms with E-state index >= 15 is 0 Å². The maximum atomic E-state index is 12.1. The number of rotatable bonds is 4. The molecular formula is C21H21NO6. The van der Waals surface area contributed by atoms with E-state index in [0.29, 0.717) is 17.2 Å². The number of anilines is 1. The van der Waals surface area contributed by atoms with Crippen molar-refractivity contribution in [2.45, 2.75) is 38.4 Å². The van der Waals surface area contributed by atoms with Crippen LogP contribution in [-0.2, 0) is 9.53 Å². The van der Waals surface area contributed by atoms with E-state index < -0.39 is 24.3 Å². The van der Waals surface area contributed by atoms with Crippen LogP contribution in [-0.4, -0.2) is 29.4 Å². The molecule has 0 saturated heterocycles. The van der Waals surface area contributed by atoms with Crippen molar-refractivity contribution in [3.8, 4) is 17.2 Å². The lowest BCUT2D eigenvalue weighted by atomic mass is 10.1. The zero-order chi connectivity index (χ0) is 19.7. The molecule has 0 bridgehead atoms. The first kappa shape index (κ1) is 18.2. The predicted molar refractivity (Wildman–Crippen MR) is 101 cm³/mol. The Bertz CT molecular complexity index is 932. The van der Waals surface area contributed by atoms with Crippen molar-refractivity contribution in [3.63, 3.8) is 0 Å². The molecule has 2 aromatic rings. The van der Waals surface area contributed by atoms with E-state index in [-0.39, 0.29) is 11.3 Å². The fourth-order valence-electron chi connectivity index (χ4n) is 3.51. The van der Waals surface area contributed by atoms with Gasteiger partial charge >= 0.3 is 5.97 Å². The molecule has 1 amide bonds. The first-order chi connectivity index (χ1) is 13.4. The van der Waals surface area contributed by atoms with Gasteiger partial charge in [-0.2, -0.15) is 0 Å². The second kappa shape index (κ2) is 7.07. The highest BCUT2D eigenvalue weighted by atomic mass is 16.7. The number of amides is 1. The molecule has 0 unspecified atom stereocenters. The quantitative estimate of drug-likeness (QED) is 0.785. The molecule has 2 aliphatic rings. The fourth-order valence-corrected chi connectivity index (χ4v) is 3.51. The van der Waals surface area contributed by atoms with Gasteiger partial charge in [-0.15, -0.1) is 0 Å². The van der Waals surface area contributed by atoms with Crippen molar-refractivity contribution in [2.75, 3.05) is 11.9 Å². The van der Waals surface area contributed by atoms with Gasteiger partial charge in [0.25, 0.3) is 11.7 Å². The summed E-state index contributed by atoms with van der Waals surface area (Å²) in [6, 6.07) is 9.77. The minimum atomic E-state index is -0.762. The molecule has 2 N–H and O–H groups in total. The molecule has 7 heteroatoms. The molecule has 0 radical (unpaired) electrons. The predicted octanol–water partition coefficient (Wildman–Crippen LogP) is 3.54. The molecule has 0 aromatic heterocycles. The molecule has 7 nitrogen and oxygen atoms in total. The van der Waals surface area contributed by atoms with Crippen molar-refractivity contribution in [2.24, 2.45) is 0 Å². The Labute approximate surface area is 162 Å².